The number of nitrogens with zero attached hydrogens (tertiary/aromatic N) is 1. The molecule has 0 N–H and O–H groups in total. The molecule has 2 heterocycles. The molecule has 2 aromatic carbocycles. The fraction of sp³-hybridized carbons (Fsp3) is 0.150. The molecule has 0 saturated carbocycles. The summed E-state index contributed by atoms with van der Waals surface area (Å²) in [7, 11) is 0. The summed E-state index contributed by atoms with van der Waals surface area (Å²) >= 11 is 0. The Morgan fingerprint density at radius 1 is 0.864 bits per heavy atom. The van der Waals surface area contributed by atoms with Gasteiger partial charge in [-0.2, -0.15) is 0 Å². The second-order valence-electron chi connectivity index (χ2n) is 5.88. The molecular formula is C20H17NO. The van der Waals surface area contributed by atoms with Crippen molar-refractivity contribution in [3.8, 4) is 11.1 Å². The van der Waals surface area contributed by atoms with Crippen LogP contribution in [0.25, 0.3) is 33.2 Å². The number of furan rings is 1. The van der Waals surface area contributed by atoms with Gasteiger partial charge in [-0.3, -0.25) is 4.98 Å². The molecule has 2 heteroatoms. The zero-order chi connectivity index (χ0) is 15.1. The van der Waals surface area contributed by atoms with Gasteiger partial charge < -0.3 is 4.42 Å². The van der Waals surface area contributed by atoms with Gasteiger partial charge in [0.05, 0.1) is 0 Å². The summed E-state index contributed by atoms with van der Waals surface area (Å²) in [6.07, 6.45) is 1.88. The third-order valence-corrected chi connectivity index (χ3v) is 4.12. The lowest BCUT2D eigenvalue weighted by Gasteiger charge is -2.04. The minimum Gasteiger partial charge on any atom is -0.453 e. The minimum absolute atomic E-state index is 0.409. The zero-order valence-electron chi connectivity index (χ0n) is 12.7. The summed E-state index contributed by atoms with van der Waals surface area (Å²) in [6, 6.07) is 18.7. The molecule has 0 saturated heterocycles. The van der Waals surface area contributed by atoms with Crippen LogP contribution in [0.1, 0.15) is 25.3 Å². The molecule has 4 aromatic rings. The molecular weight excluding hydrogens is 270 g/mol. The normalized spacial score (nSPS) is 11.6. The summed E-state index contributed by atoms with van der Waals surface area (Å²) < 4.78 is 6.27. The van der Waals surface area contributed by atoms with Gasteiger partial charge in [0.25, 0.3) is 0 Å². The van der Waals surface area contributed by atoms with Gasteiger partial charge in [-0.25, -0.2) is 0 Å². The van der Waals surface area contributed by atoms with Crippen LogP contribution in [0.4, 0.5) is 0 Å². The van der Waals surface area contributed by atoms with E-state index < -0.39 is 0 Å². The van der Waals surface area contributed by atoms with Crippen molar-refractivity contribution in [3.05, 3.63) is 66.4 Å². The average Bonchev–Trinajstić information content (AvgIpc) is 2.94. The second-order valence-corrected chi connectivity index (χ2v) is 5.88. The summed E-state index contributed by atoms with van der Waals surface area (Å²) in [5, 5.41) is 1.08. The highest BCUT2D eigenvalue weighted by atomic mass is 16.3. The van der Waals surface area contributed by atoms with Crippen LogP contribution >= 0.6 is 0 Å². The van der Waals surface area contributed by atoms with Crippen molar-refractivity contribution in [2.75, 3.05) is 0 Å². The van der Waals surface area contributed by atoms with E-state index in [-0.39, 0.29) is 0 Å². The molecule has 0 fully saturated rings. The van der Waals surface area contributed by atoms with E-state index in [0.29, 0.717) is 5.92 Å². The average molecular weight is 287 g/mol. The van der Waals surface area contributed by atoms with Crippen molar-refractivity contribution in [3.63, 3.8) is 0 Å². The molecule has 2 nitrogen and oxygen atoms in total. The van der Waals surface area contributed by atoms with E-state index in [2.05, 4.69) is 67.4 Å². The van der Waals surface area contributed by atoms with E-state index in [0.717, 1.165) is 27.6 Å². The molecule has 108 valence electrons. The number of hydrogen-bond donors (Lipinski definition) is 0. The largest absolute Gasteiger partial charge is 0.453 e. The highest BCUT2D eigenvalue weighted by molar-refractivity contribution is 6.08. The Kier molecular flexibility index (Phi) is 2.97. The predicted molar refractivity (Wildman–Crippen MR) is 91.0 cm³/mol. The number of rotatable bonds is 2. The van der Waals surface area contributed by atoms with Crippen LogP contribution in [-0.2, 0) is 0 Å². The smallest absolute Gasteiger partial charge is 0.157 e. The number of para-hydroxylation sites is 1. The van der Waals surface area contributed by atoms with Gasteiger partial charge in [-0.1, -0.05) is 56.3 Å². The van der Waals surface area contributed by atoms with Crippen LogP contribution in [0.15, 0.2) is 65.2 Å². The fourth-order valence-corrected chi connectivity index (χ4v) is 3.00. The van der Waals surface area contributed by atoms with Crippen molar-refractivity contribution in [2.24, 2.45) is 0 Å². The molecule has 0 bridgehead atoms. The van der Waals surface area contributed by atoms with Crippen molar-refractivity contribution in [1.29, 1.82) is 0 Å². The van der Waals surface area contributed by atoms with Crippen LogP contribution in [-0.4, -0.2) is 4.98 Å². The predicted octanol–water partition coefficient (Wildman–Crippen LogP) is 5.77. The molecule has 0 aliphatic rings. The standard InChI is InChI=1S/C20H17NO/c1-13(2)15-11-12-21-18-17-10-6-9-16(19(17)22-20(15)18)14-7-4-3-5-8-14/h3-13H,1-2H3. The van der Waals surface area contributed by atoms with Gasteiger partial charge >= 0.3 is 0 Å². The molecule has 0 aliphatic carbocycles. The van der Waals surface area contributed by atoms with Crippen LogP contribution < -0.4 is 0 Å². The van der Waals surface area contributed by atoms with Crippen LogP contribution in [0.5, 0.6) is 0 Å². The quantitative estimate of drug-likeness (QED) is 0.467. The maximum atomic E-state index is 6.27. The lowest BCUT2D eigenvalue weighted by Crippen LogP contribution is -1.88. The number of aromatic nitrogens is 1. The van der Waals surface area contributed by atoms with Crippen LogP contribution in [0.2, 0.25) is 0 Å². The van der Waals surface area contributed by atoms with E-state index in [1.165, 1.54) is 11.1 Å². The Balaban J connectivity index is 2.10. The molecule has 0 amide bonds. The lowest BCUT2D eigenvalue weighted by atomic mass is 10.0. The van der Waals surface area contributed by atoms with Crippen molar-refractivity contribution in [2.45, 2.75) is 19.8 Å². The first-order valence-corrected chi connectivity index (χ1v) is 7.61. The lowest BCUT2D eigenvalue weighted by molar-refractivity contribution is 0.657. The van der Waals surface area contributed by atoms with Gasteiger partial charge in [0.1, 0.15) is 11.1 Å². The Bertz CT molecular complexity index is 951. The first-order chi connectivity index (χ1) is 10.8. The summed E-state index contributed by atoms with van der Waals surface area (Å²) in [4.78, 5) is 4.55. The van der Waals surface area contributed by atoms with Crippen molar-refractivity contribution in [1.82, 2.24) is 4.98 Å². The molecule has 0 spiro atoms. The molecule has 0 atom stereocenters. The number of hydrogen-bond acceptors (Lipinski definition) is 2. The molecule has 0 aliphatic heterocycles. The molecule has 0 radical (unpaired) electrons. The Hall–Kier alpha value is -2.61. The number of fused-ring (bicyclic) bond motifs is 3. The first-order valence-electron chi connectivity index (χ1n) is 7.61. The van der Waals surface area contributed by atoms with E-state index in [1.54, 1.807) is 0 Å². The van der Waals surface area contributed by atoms with E-state index in [9.17, 15) is 0 Å². The first kappa shape index (κ1) is 13.1. The van der Waals surface area contributed by atoms with Gasteiger partial charge in [-0.15, -0.1) is 0 Å². The molecule has 2 aromatic heterocycles. The summed E-state index contributed by atoms with van der Waals surface area (Å²) in [6.45, 7) is 4.36. The van der Waals surface area contributed by atoms with Crippen LogP contribution in [0, 0.1) is 0 Å². The Morgan fingerprint density at radius 3 is 2.45 bits per heavy atom. The third kappa shape index (κ3) is 1.92. The SMILES string of the molecule is CC(C)c1ccnc2c1oc1c(-c3ccccc3)cccc12. The van der Waals surface area contributed by atoms with Gasteiger partial charge in [0, 0.05) is 22.7 Å². The van der Waals surface area contributed by atoms with Crippen molar-refractivity contribution < 1.29 is 4.42 Å². The second kappa shape index (κ2) is 4.99. The monoisotopic (exact) mass is 287 g/mol. The molecule has 4 rings (SSSR count). The Morgan fingerprint density at radius 2 is 1.68 bits per heavy atom. The Labute approximate surface area is 129 Å². The maximum Gasteiger partial charge on any atom is 0.157 e. The summed E-state index contributed by atoms with van der Waals surface area (Å²) in [5.41, 5.74) is 6.28. The maximum absolute atomic E-state index is 6.27. The topological polar surface area (TPSA) is 26.0 Å². The molecule has 22 heavy (non-hydrogen) atoms. The van der Waals surface area contributed by atoms with Gasteiger partial charge in [0.2, 0.25) is 0 Å². The van der Waals surface area contributed by atoms with Crippen molar-refractivity contribution >= 4 is 22.1 Å². The number of pyridine rings is 1. The van der Waals surface area contributed by atoms with Crippen LogP contribution in [0.3, 0.4) is 0 Å². The zero-order valence-corrected chi connectivity index (χ0v) is 12.7. The minimum atomic E-state index is 0.409. The summed E-state index contributed by atoms with van der Waals surface area (Å²) in [5.74, 6) is 0.409. The van der Waals surface area contributed by atoms with E-state index >= 15 is 0 Å². The highest BCUT2D eigenvalue weighted by Gasteiger charge is 2.16. The van der Waals surface area contributed by atoms with Gasteiger partial charge in [-0.05, 0) is 23.6 Å². The fourth-order valence-electron chi connectivity index (χ4n) is 3.00. The number of benzene rings is 2. The highest BCUT2D eigenvalue weighted by Crippen LogP contribution is 2.37. The molecule has 0 unspecified atom stereocenters. The third-order valence-electron chi connectivity index (χ3n) is 4.12. The van der Waals surface area contributed by atoms with Gasteiger partial charge in [0.15, 0.2) is 5.58 Å². The van der Waals surface area contributed by atoms with E-state index in [4.69, 9.17) is 4.42 Å². The van der Waals surface area contributed by atoms with E-state index in [1.807, 2.05) is 12.3 Å².